The monoisotopic (exact) mass is 287 g/mol. The van der Waals surface area contributed by atoms with Gasteiger partial charge in [-0.1, -0.05) is 23.7 Å². The lowest BCUT2D eigenvalue weighted by Crippen LogP contribution is -2.05. The molecule has 0 bridgehead atoms. The minimum atomic E-state index is -0.126. The largest absolute Gasteiger partial charge is 0.399 e. The fraction of sp³-hybridized carbons (Fsp3) is 0.125. The van der Waals surface area contributed by atoms with Gasteiger partial charge in [0.25, 0.3) is 0 Å². The van der Waals surface area contributed by atoms with Crippen molar-refractivity contribution >= 4 is 28.9 Å². The first-order chi connectivity index (χ1) is 9.58. The van der Waals surface area contributed by atoms with Gasteiger partial charge in [0.2, 0.25) is 0 Å². The van der Waals surface area contributed by atoms with E-state index in [0.717, 1.165) is 0 Å². The molecule has 0 saturated heterocycles. The summed E-state index contributed by atoms with van der Waals surface area (Å²) in [6.45, 7) is 0. The first kappa shape index (κ1) is 14.3. The lowest BCUT2D eigenvalue weighted by molar-refractivity contribution is 0.0917. The van der Waals surface area contributed by atoms with Gasteiger partial charge in [-0.15, -0.1) is 0 Å². The summed E-state index contributed by atoms with van der Waals surface area (Å²) in [7, 11) is 0. The van der Waals surface area contributed by atoms with Gasteiger partial charge in [0.15, 0.2) is 11.6 Å². The maximum absolute atomic E-state index is 12.0. The van der Waals surface area contributed by atoms with E-state index in [1.807, 2.05) is 0 Å². The van der Waals surface area contributed by atoms with Crippen LogP contribution in [0.4, 0.5) is 5.69 Å². The highest BCUT2D eigenvalue weighted by molar-refractivity contribution is 6.34. The third kappa shape index (κ3) is 3.45. The summed E-state index contributed by atoms with van der Waals surface area (Å²) in [4.78, 5) is 23.9. The van der Waals surface area contributed by atoms with Crippen molar-refractivity contribution in [3.63, 3.8) is 0 Å². The van der Waals surface area contributed by atoms with Crippen LogP contribution in [0, 0.1) is 0 Å². The van der Waals surface area contributed by atoms with Crippen molar-refractivity contribution in [2.24, 2.45) is 0 Å². The van der Waals surface area contributed by atoms with E-state index in [-0.39, 0.29) is 24.4 Å². The molecule has 3 nitrogen and oxygen atoms in total. The number of nitrogens with two attached hydrogens (primary N) is 1. The highest BCUT2D eigenvalue weighted by Gasteiger charge is 2.13. The van der Waals surface area contributed by atoms with Gasteiger partial charge in [-0.3, -0.25) is 9.59 Å². The molecule has 0 aliphatic heterocycles. The highest BCUT2D eigenvalue weighted by Crippen LogP contribution is 2.18. The minimum absolute atomic E-state index is 0.0783. The van der Waals surface area contributed by atoms with Crippen molar-refractivity contribution in [1.82, 2.24) is 0 Å². The molecular formula is C16H14ClNO2. The quantitative estimate of drug-likeness (QED) is 0.673. The van der Waals surface area contributed by atoms with Crippen molar-refractivity contribution < 1.29 is 9.59 Å². The third-order valence-corrected chi connectivity index (χ3v) is 3.32. The number of carbonyl (C=O) groups excluding carboxylic acids is 2. The SMILES string of the molecule is Nc1ccc(C(=O)CCC(=O)c2ccccc2Cl)cc1. The van der Waals surface area contributed by atoms with Crippen LogP contribution in [0.25, 0.3) is 0 Å². The summed E-state index contributed by atoms with van der Waals surface area (Å²) in [6.07, 6.45) is 0.306. The molecule has 0 atom stereocenters. The third-order valence-electron chi connectivity index (χ3n) is 2.99. The highest BCUT2D eigenvalue weighted by atomic mass is 35.5. The van der Waals surface area contributed by atoms with Crippen LogP contribution in [0.5, 0.6) is 0 Å². The lowest BCUT2D eigenvalue weighted by Gasteiger charge is -2.04. The van der Waals surface area contributed by atoms with E-state index in [2.05, 4.69) is 0 Å². The van der Waals surface area contributed by atoms with E-state index in [0.29, 0.717) is 21.8 Å². The molecule has 0 saturated carbocycles. The summed E-state index contributed by atoms with van der Waals surface area (Å²) in [5.41, 5.74) is 7.19. The summed E-state index contributed by atoms with van der Waals surface area (Å²) in [5, 5.41) is 0.414. The molecule has 2 aromatic carbocycles. The van der Waals surface area contributed by atoms with Crippen LogP contribution >= 0.6 is 11.6 Å². The molecular weight excluding hydrogens is 274 g/mol. The second-order valence-electron chi connectivity index (χ2n) is 4.45. The first-order valence-electron chi connectivity index (χ1n) is 6.24. The van der Waals surface area contributed by atoms with Gasteiger partial charge in [0, 0.05) is 29.7 Å². The number of halogens is 1. The van der Waals surface area contributed by atoms with Crippen molar-refractivity contribution in [2.75, 3.05) is 5.73 Å². The Labute approximate surface area is 122 Å². The van der Waals surface area contributed by atoms with Crippen LogP contribution in [0.1, 0.15) is 33.6 Å². The number of anilines is 1. The predicted molar refractivity (Wildman–Crippen MR) is 80.2 cm³/mol. The molecule has 0 aromatic heterocycles. The van der Waals surface area contributed by atoms with Crippen molar-refractivity contribution in [1.29, 1.82) is 0 Å². The van der Waals surface area contributed by atoms with E-state index in [4.69, 9.17) is 17.3 Å². The number of rotatable bonds is 5. The number of carbonyl (C=O) groups is 2. The number of nitrogen functional groups attached to an aromatic ring is 1. The minimum Gasteiger partial charge on any atom is -0.399 e. The molecule has 2 aromatic rings. The Morgan fingerprint density at radius 3 is 2.15 bits per heavy atom. The van der Waals surface area contributed by atoms with Crippen LogP contribution in [0.2, 0.25) is 5.02 Å². The van der Waals surface area contributed by atoms with E-state index in [1.165, 1.54) is 0 Å². The van der Waals surface area contributed by atoms with E-state index >= 15 is 0 Å². The Bertz CT molecular complexity index is 635. The van der Waals surface area contributed by atoms with Gasteiger partial charge in [-0.25, -0.2) is 0 Å². The molecule has 0 aliphatic rings. The fourth-order valence-electron chi connectivity index (χ4n) is 1.86. The smallest absolute Gasteiger partial charge is 0.164 e. The second-order valence-corrected chi connectivity index (χ2v) is 4.86. The van der Waals surface area contributed by atoms with Gasteiger partial charge < -0.3 is 5.73 Å². The second kappa shape index (κ2) is 6.35. The lowest BCUT2D eigenvalue weighted by atomic mass is 10.0. The zero-order chi connectivity index (χ0) is 14.5. The fourth-order valence-corrected chi connectivity index (χ4v) is 2.10. The predicted octanol–water partition coefficient (Wildman–Crippen LogP) is 3.77. The van der Waals surface area contributed by atoms with Gasteiger partial charge in [0.1, 0.15) is 0 Å². The van der Waals surface area contributed by atoms with Gasteiger partial charge >= 0.3 is 0 Å². The number of ketones is 2. The topological polar surface area (TPSA) is 60.2 Å². The average molecular weight is 288 g/mol. The van der Waals surface area contributed by atoms with E-state index in [1.54, 1.807) is 48.5 Å². The standard InChI is InChI=1S/C16H14ClNO2/c17-14-4-2-1-3-13(14)16(20)10-9-15(19)11-5-7-12(18)8-6-11/h1-8H,9-10,18H2. The Hall–Kier alpha value is -2.13. The Kier molecular flexibility index (Phi) is 4.53. The molecule has 2 N–H and O–H groups in total. The van der Waals surface area contributed by atoms with Crippen LogP contribution in [0.15, 0.2) is 48.5 Å². The number of Topliss-reactive ketones (excluding diaryl/α,β-unsaturated/α-hetero) is 2. The normalized spacial score (nSPS) is 10.2. The van der Waals surface area contributed by atoms with Crippen LogP contribution in [-0.2, 0) is 0 Å². The summed E-state index contributed by atoms with van der Waals surface area (Å²) in [5.74, 6) is -0.204. The Morgan fingerprint density at radius 2 is 1.50 bits per heavy atom. The summed E-state index contributed by atoms with van der Waals surface area (Å²) in [6, 6.07) is 13.5. The molecule has 0 radical (unpaired) electrons. The molecule has 4 heteroatoms. The van der Waals surface area contributed by atoms with Crippen molar-refractivity contribution in [2.45, 2.75) is 12.8 Å². The maximum atomic E-state index is 12.0. The number of hydrogen-bond donors (Lipinski definition) is 1. The van der Waals surface area contributed by atoms with Crippen molar-refractivity contribution in [3.8, 4) is 0 Å². The molecule has 102 valence electrons. The van der Waals surface area contributed by atoms with E-state index < -0.39 is 0 Å². The van der Waals surface area contributed by atoms with Crippen LogP contribution in [0.3, 0.4) is 0 Å². The van der Waals surface area contributed by atoms with Gasteiger partial charge in [0.05, 0.1) is 5.02 Å². The van der Waals surface area contributed by atoms with Crippen LogP contribution in [-0.4, -0.2) is 11.6 Å². The van der Waals surface area contributed by atoms with Gasteiger partial charge in [-0.2, -0.15) is 0 Å². The maximum Gasteiger partial charge on any atom is 0.164 e. The number of hydrogen-bond acceptors (Lipinski definition) is 3. The molecule has 0 unspecified atom stereocenters. The molecule has 20 heavy (non-hydrogen) atoms. The van der Waals surface area contributed by atoms with E-state index in [9.17, 15) is 9.59 Å². The zero-order valence-electron chi connectivity index (χ0n) is 10.8. The Balaban J connectivity index is 1.99. The molecule has 0 spiro atoms. The first-order valence-corrected chi connectivity index (χ1v) is 6.62. The zero-order valence-corrected chi connectivity index (χ0v) is 11.6. The molecule has 0 aliphatic carbocycles. The summed E-state index contributed by atoms with van der Waals surface area (Å²) >= 11 is 5.95. The number of benzene rings is 2. The van der Waals surface area contributed by atoms with Crippen LogP contribution < -0.4 is 5.73 Å². The average Bonchev–Trinajstić information content (AvgIpc) is 2.45. The Morgan fingerprint density at radius 1 is 0.900 bits per heavy atom. The van der Waals surface area contributed by atoms with Gasteiger partial charge in [-0.05, 0) is 36.4 Å². The summed E-state index contributed by atoms with van der Waals surface area (Å²) < 4.78 is 0. The molecule has 0 amide bonds. The van der Waals surface area contributed by atoms with Crippen molar-refractivity contribution in [3.05, 3.63) is 64.7 Å². The molecule has 2 rings (SSSR count). The molecule has 0 heterocycles. The molecule has 0 fully saturated rings.